The normalized spacial score (nSPS) is 15.8. The van der Waals surface area contributed by atoms with Gasteiger partial charge in [0.15, 0.2) is 0 Å². The van der Waals surface area contributed by atoms with Crippen molar-refractivity contribution in [2.45, 2.75) is 25.7 Å². The Kier molecular flexibility index (Phi) is 1.83. The maximum absolute atomic E-state index is 10.9. The molecule has 2 N–H and O–H groups in total. The number of carbonyl (C=O) groups excluding carboxylic acids is 1. The number of aryl methyl sites for hydroxylation is 1. The van der Waals surface area contributed by atoms with Crippen LogP contribution < -0.4 is 5.73 Å². The first kappa shape index (κ1) is 8.30. The van der Waals surface area contributed by atoms with Gasteiger partial charge < -0.3 is 5.73 Å². The van der Waals surface area contributed by atoms with E-state index >= 15 is 0 Å². The summed E-state index contributed by atoms with van der Waals surface area (Å²) in [5, 5.41) is 0. The zero-order valence-corrected chi connectivity index (χ0v) is 7.71. The van der Waals surface area contributed by atoms with Crippen LogP contribution in [0.3, 0.4) is 0 Å². The minimum Gasteiger partial charge on any atom is -0.366 e. The highest BCUT2D eigenvalue weighted by molar-refractivity contribution is 5.93. The van der Waals surface area contributed by atoms with Crippen molar-refractivity contribution in [3.8, 4) is 0 Å². The quantitative estimate of drug-likeness (QED) is 0.733. The maximum Gasteiger partial charge on any atom is 0.248 e. The second-order valence-electron chi connectivity index (χ2n) is 3.71. The number of benzene rings is 1. The Labute approximate surface area is 77.8 Å². The molecule has 1 saturated carbocycles. The van der Waals surface area contributed by atoms with Crippen LogP contribution in [-0.2, 0) is 0 Å². The zero-order chi connectivity index (χ0) is 9.42. The number of primary amides is 1. The van der Waals surface area contributed by atoms with E-state index in [9.17, 15) is 4.79 Å². The molecule has 0 aromatic heterocycles. The average Bonchev–Trinajstić information content (AvgIpc) is 2.87. The lowest BCUT2D eigenvalue weighted by molar-refractivity contribution is 0.1000. The van der Waals surface area contributed by atoms with Gasteiger partial charge in [-0.3, -0.25) is 4.79 Å². The third-order valence-electron chi connectivity index (χ3n) is 2.58. The Hall–Kier alpha value is -1.31. The van der Waals surface area contributed by atoms with Gasteiger partial charge in [0.1, 0.15) is 0 Å². The number of rotatable bonds is 2. The van der Waals surface area contributed by atoms with E-state index in [4.69, 9.17) is 5.73 Å². The molecule has 0 spiro atoms. The molecule has 1 aromatic rings. The zero-order valence-electron chi connectivity index (χ0n) is 7.71. The summed E-state index contributed by atoms with van der Waals surface area (Å²) in [5.74, 6) is 0.348. The Morgan fingerprint density at radius 1 is 1.46 bits per heavy atom. The van der Waals surface area contributed by atoms with Gasteiger partial charge in [-0.05, 0) is 48.9 Å². The summed E-state index contributed by atoms with van der Waals surface area (Å²) >= 11 is 0. The third kappa shape index (κ3) is 1.57. The summed E-state index contributed by atoms with van der Waals surface area (Å²) < 4.78 is 0. The number of hydrogen-bond donors (Lipinski definition) is 1. The first-order valence-corrected chi connectivity index (χ1v) is 4.59. The molecule has 1 fully saturated rings. The third-order valence-corrected chi connectivity index (χ3v) is 2.58. The fourth-order valence-electron chi connectivity index (χ4n) is 1.63. The molecule has 1 aromatic carbocycles. The minimum absolute atomic E-state index is 0.332. The molecular formula is C11H13NO. The van der Waals surface area contributed by atoms with Crippen molar-refractivity contribution >= 4 is 5.91 Å². The van der Waals surface area contributed by atoms with Crippen molar-refractivity contribution in [2.24, 2.45) is 5.73 Å². The number of nitrogens with two attached hydrogens (primary N) is 1. The van der Waals surface area contributed by atoms with Gasteiger partial charge in [-0.25, -0.2) is 0 Å². The molecule has 0 atom stereocenters. The van der Waals surface area contributed by atoms with E-state index in [1.54, 1.807) is 6.07 Å². The van der Waals surface area contributed by atoms with Crippen molar-refractivity contribution in [1.82, 2.24) is 0 Å². The van der Waals surface area contributed by atoms with Crippen LogP contribution in [0.5, 0.6) is 0 Å². The number of hydrogen-bond acceptors (Lipinski definition) is 1. The summed E-state index contributed by atoms with van der Waals surface area (Å²) in [4.78, 5) is 10.9. The first-order valence-electron chi connectivity index (χ1n) is 4.59. The van der Waals surface area contributed by atoms with Crippen LogP contribution in [-0.4, -0.2) is 5.91 Å². The molecule has 1 amide bonds. The fraction of sp³-hybridized carbons (Fsp3) is 0.364. The lowest BCUT2D eigenvalue weighted by Gasteiger charge is -2.05. The largest absolute Gasteiger partial charge is 0.366 e. The van der Waals surface area contributed by atoms with Gasteiger partial charge in [0.25, 0.3) is 0 Å². The Bertz CT molecular complexity index is 353. The molecule has 1 aliphatic carbocycles. The highest BCUT2D eigenvalue weighted by Crippen LogP contribution is 2.41. The van der Waals surface area contributed by atoms with Crippen molar-refractivity contribution < 1.29 is 4.79 Å². The molecule has 0 saturated heterocycles. The lowest BCUT2D eigenvalue weighted by Crippen LogP contribution is -2.11. The van der Waals surface area contributed by atoms with E-state index in [1.165, 1.54) is 24.0 Å². The molecule has 2 rings (SSSR count). The topological polar surface area (TPSA) is 43.1 Å². The molecule has 0 bridgehead atoms. The SMILES string of the molecule is Cc1ccc(C(N)=O)cc1C1CC1. The number of amides is 1. The predicted molar refractivity (Wildman–Crippen MR) is 51.7 cm³/mol. The van der Waals surface area contributed by atoms with Gasteiger partial charge in [0, 0.05) is 5.56 Å². The standard InChI is InChI=1S/C11H13NO/c1-7-2-3-9(11(12)13)6-10(7)8-4-5-8/h2-3,6,8H,4-5H2,1H3,(H2,12,13). The Morgan fingerprint density at radius 2 is 2.15 bits per heavy atom. The van der Waals surface area contributed by atoms with E-state index in [-0.39, 0.29) is 5.91 Å². The summed E-state index contributed by atoms with van der Waals surface area (Å²) in [7, 11) is 0. The molecule has 0 unspecified atom stereocenters. The van der Waals surface area contributed by atoms with Crippen LogP contribution in [0.2, 0.25) is 0 Å². The predicted octanol–water partition coefficient (Wildman–Crippen LogP) is 1.97. The van der Waals surface area contributed by atoms with Crippen LogP contribution in [0, 0.1) is 6.92 Å². The minimum atomic E-state index is -0.332. The molecule has 13 heavy (non-hydrogen) atoms. The monoisotopic (exact) mass is 175 g/mol. The van der Waals surface area contributed by atoms with E-state index < -0.39 is 0 Å². The van der Waals surface area contributed by atoms with Crippen molar-refractivity contribution in [1.29, 1.82) is 0 Å². The highest BCUT2D eigenvalue weighted by Gasteiger charge is 2.25. The van der Waals surface area contributed by atoms with Gasteiger partial charge in [0.05, 0.1) is 0 Å². The Balaban J connectivity index is 2.41. The van der Waals surface area contributed by atoms with Crippen molar-refractivity contribution in [2.75, 3.05) is 0 Å². The van der Waals surface area contributed by atoms with Gasteiger partial charge >= 0.3 is 0 Å². The first-order chi connectivity index (χ1) is 6.18. The van der Waals surface area contributed by atoms with Gasteiger partial charge in [-0.15, -0.1) is 0 Å². The van der Waals surface area contributed by atoms with Gasteiger partial charge in [-0.1, -0.05) is 6.07 Å². The van der Waals surface area contributed by atoms with E-state index in [0.29, 0.717) is 11.5 Å². The molecular weight excluding hydrogens is 162 g/mol. The maximum atomic E-state index is 10.9. The number of carbonyl (C=O) groups is 1. The van der Waals surface area contributed by atoms with E-state index in [1.807, 2.05) is 12.1 Å². The summed E-state index contributed by atoms with van der Waals surface area (Å²) in [6, 6.07) is 5.71. The molecule has 2 heteroatoms. The van der Waals surface area contributed by atoms with Gasteiger partial charge in [-0.2, -0.15) is 0 Å². The Morgan fingerprint density at radius 3 is 2.69 bits per heavy atom. The van der Waals surface area contributed by atoms with E-state index in [2.05, 4.69) is 6.92 Å². The lowest BCUT2D eigenvalue weighted by atomic mass is 10.0. The van der Waals surface area contributed by atoms with Crippen LogP contribution in [0.4, 0.5) is 0 Å². The van der Waals surface area contributed by atoms with E-state index in [0.717, 1.165) is 0 Å². The van der Waals surface area contributed by atoms with Gasteiger partial charge in [0.2, 0.25) is 5.91 Å². The molecule has 0 radical (unpaired) electrons. The highest BCUT2D eigenvalue weighted by atomic mass is 16.1. The molecule has 2 nitrogen and oxygen atoms in total. The van der Waals surface area contributed by atoms with Crippen LogP contribution in [0.25, 0.3) is 0 Å². The second-order valence-corrected chi connectivity index (χ2v) is 3.71. The molecule has 68 valence electrons. The second kappa shape index (κ2) is 2.87. The smallest absolute Gasteiger partial charge is 0.248 e. The van der Waals surface area contributed by atoms with Crippen LogP contribution in [0.15, 0.2) is 18.2 Å². The van der Waals surface area contributed by atoms with Crippen molar-refractivity contribution in [3.63, 3.8) is 0 Å². The molecule has 0 heterocycles. The summed E-state index contributed by atoms with van der Waals surface area (Å²) in [6.07, 6.45) is 2.51. The average molecular weight is 175 g/mol. The molecule has 1 aliphatic rings. The van der Waals surface area contributed by atoms with Crippen molar-refractivity contribution in [3.05, 3.63) is 34.9 Å². The van der Waals surface area contributed by atoms with Crippen LogP contribution >= 0.6 is 0 Å². The summed E-state index contributed by atoms with van der Waals surface area (Å²) in [6.45, 7) is 2.08. The molecule has 0 aliphatic heterocycles. The van der Waals surface area contributed by atoms with Crippen LogP contribution in [0.1, 0.15) is 40.2 Å². The fourth-order valence-corrected chi connectivity index (χ4v) is 1.63. The summed E-state index contributed by atoms with van der Waals surface area (Å²) in [5.41, 5.74) is 8.42.